The fraction of sp³-hybridized carbons (Fsp3) is 0.611. The highest BCUT2D eigenvalue weighted by Gasteiger charge is 2.09. The van der Waals surface area contributed by atoms with Gasteiger partial charge in [0.05, 0.1) is 20.3 Å². The third-order valence-corrected chi connectivity index (χ3v) is 3.66. The third-order valence-electron chi connectivity index (χ3n) is 3.66. The van der Waals surface area contributed by atoms with Gasteiger partial charge in [-0.15, -0.1) is 0 Å². The summed E-state index contributed by atoms with van der Waals surface area (Å²) in [4.78, 5) is 4.66. The molecule has 0 bridgehead atoms. The molecule has 130 valence electrons. The van der Waals surface area contributed by atoms with Crippen LogP contribution in [0.25, 0.3) is 0 Å². The van der Waals surface area contributed by atoms with Crippen molar-refractivity contribution in [2.45, 2.75) is 47.2 Å². The van der Waals surface area contributed by atoms with Gasteiger partial charge >= 0.3 is 0 Å². The average Bonchev–Trinajstić information content (AvgIpc) is 2.53. The van der Waals surface area contributed by atoms with Crippen LogP contribution in [-0.4, -0.2) is 32.3 Å². The second-order valence-corrected chi connectivity index (χ2v) is 5.79. The fourth-order valence-corrected chi connectivity index (χ4v) is 1.96. The maximum absolute atomic E-state index is 5.54. The summed E-state index contributed by atoms with van der Waals surface area (Å²) in [6, 6.07) is 6.29. The zero-order chi connectivity index (χ0) is 17.2. The van der Waals surface area contributed by atoms with Gasteiger partial charge < -0.3 is 20.1 Å². The van der Waals surface area contributed by atoms with Gasteiger partial charge in [-0.1, -0.05) is 19.9 Å². The Labute approximate surface area is 140 Å². The Kier molecular flexibility index (Phi) is 8.30. The Bertz CT molecular complexity index is 501. The van der Waals surface area contributed by atoms with E-state index in [9.17, 15) is 0 Å². The van der Waals surface area contributed by atoms with Gasteiger partial charge in [0, 0.05) is 12.6 Å². The average molecular weight is 321 g/mol. The molecule has 0 aliphatic rings. The summed E-state index contributed by atoms with van der Waals surface area (Å²) in [6.07, 6.45) is 0. The van der Waals surface area contributed by atoms with E-state index < -0.39 is 0 Å². The second-order valence-electron chi connectivity index (χ2n) is 5.79. The minimum atomic E-state index is 0.364. The zero-order valence-electron chi connectivity index (χ0n) is 15.3. The molecule has 1 aromatic carbocycles. The normalized spacial score (nSPS) is 12.9. The van der Waals surface area contributed by atoms with Crippen LogP contribution in [0.15, 0.2) is 23.2 Å². The Morgan fingerprint density at radius 3 is 2.48 bits per heavy atom. The van der Waals surface area contributed by atoms with Crippen molar-refractivity contribution >= 4 is 5.96 Å². The van der Waals surface area contributed by atoms with E-state index in [1.165, 1.54) is 0 Å². The first-order valence-electron chi connectivity index (χ1n) is 8.36. The highest BCUT2D eigenvalue weighted by molar-refractivity contribution is 5.80. The number of nitrogens with one attached hydrogen (secondary N) is 2. The predicted molar refractivity (Wildman–Crippen MR) is 96.4 cm³/mol. The number of aliphatic imine (C=N–C) groups is 1. The van der Waals surface area contributed by atoms with E-state index in [0.717, 1.165) is 29.6 Å². The van der Waals surface area contributed by atoms with Gasteiger partial charge in [0.25, 0.3) is 0 Å². The number of rotatable bonds is 8. The second kappa shape index (κ2) is 9.98. The summed E-state index contributed by atoms with van der Waals surface area (Å²) >= 11 is 0. The molecule has 0 saturated heterocycles. The van der Waals surface area contributed by atoms with E-state index in [2.05, 4.69) is 43.3 Å². The maximum atomic E-state index is 5.54. The topological polar surface area (TPSA) is 54.9 Å². The molecule has 0 fully saturated rings. The molecule has 5 nitrogen and oxygen atoms in total. The van der Waals surface area contributed by atoms with E-state index in [0.29, 0.717) is 25.1 Å². The van der Waals surface area contributed by atoms with Crippen LogP contribution >= 0.6 is 0 Å². The van der Waals surface area contributed by atoms with Crippen molar-refractivity contribution in [2.24, 2.45) is 10.9 Å². The monoisotopic (exact) mass is 321 g/mol. The van der Waals surface area contributed by atoms with Gasteiger partial charge in [0.1, 0.15) is 0 Å². The van der Waals surface area contributed by atoms with Crippen LogP contribution < -0.4 is 20.1 Å². The van der Waals surface area contributed by atoms with Crippen molar-refractivity contribution in [1.82, 2.24) is 10.6 Å². The van der Waals surface area contributed by atoms with E-state index in [1.807, 2.05) is 25.1 Å². The summed E-state index contributed by atoms with van der Waals surface area (Å²) in [6.45, 7) is 12.6. The summed E-state index contributed by atoms with van der Waals surface area (Å²) in [5, 5.41) is 6.71. The lowest BCUT2D eigenvalue weighted by Gasteiger charge is -2.20. The first kappa shape index (κ1) is 19.1. The summed E-state index contributed by atoms with van der Waals surface area (Å²) < 4.78 is 10.9. The Hall–Kier alpha value is -1.91. The van der Waals surface area contributed by atoms with Crippen molar-refractivity contribution in [3.8, 4) is 11.5 Å². The summed E-state index contributed by atoms with van der Waals surface area (Å²) in [5.74, 6) is 2.89. The highest BCUT2D eigenvalue weighted by Crippen LogP contribution is 2.28. The maximum Gasteiger partial charge on any atom is 0.191 e. The van der Waals surface area contributed by atoms with Crippen LogP contribution in [0.5, 0.6) is 11.5 Å². The van der Waals surface area contributed by atoms with Crippen LogP contribution in [-0.2, 0) is 6.54 Å². The van der Waals surface area contributed by atoms with Crippen molar-refractivity contribution in [2.75, 3.05) is 20.3 Å². The molecule has 2 N–H and O–H groups in total. The molecule has 0 radical (unpaired) electrons. The van der Waals surface area contributed by atoms with Gasteiger partial charge in [0.2, 0.25) is 0 Å². The number of ether oxygens (including phenoxy) is 2. The minimum Gasteiger partial charge on any atom is -0.493 e. The molecule has 1 atom stereocenters. The Morgan fingerprint density at radius 1 is 1.17 bits per heavy atom. The van der Waals surface area contributed by atoms with Gasteiger partial charge in [-0.05, 0) is 44.4 Å². The molecule has 0 saturated carbocycles. The van der Waals surface area contributed by atoms with Crippen LogP contribution in [0, 0.1) is 5.92 Å². The van der Waals surface area contributed by atoms with Gasteiger partial charge in [0.15, 0.2) is 17.5 Å². The first-order chi connectivity index (χ1) is 11.0. The number of nitrogens with zero attached hydrogens (tertiary/aromatic N) is 1. The largest absolute Gasteiger partial charge is 0.493 e. The third kappa shape index (κ3) is 6.38. The van der Waals surface area contributed by atoms with Gasteiger partial charge in [-0.3, -0.25) is 0 Å². The predicted octanol–water partition coefficient (Wildman–Crippen LogP) is 3.19. The van der Waals surface area contributed by atoms with Crippen molar-refractivity contribution < 1.29 is 9.47 Å². The molecule has 0 aliphatic heterocycles. The number of hydrogen-bond donors (Lipinski definition) is 2. The molecular weight excluding hydrogens is 290 g/mol. The SMILES string of the molecule is CCNC(=NCc1ccc(OCC)c(OC)c1)NC(C)C(C)C. The Balaban J connectivity index is 2.82. The van der Waals surface area contributed by atoms with Crippen LogP contribution in [0.3, 0.4) is 0 Å². The van der Waals surface area contributed by atoms with Crippen molar-refractivity contribution in [1.29, 1.82) is 0 Å². The molecule has 1 aromatic rings. The van der Waals surface area contributed by atoms with E-state index in [1.54, 1.807) is 7.11 Å². The lowest BCUT2D eigenvalue weighted by molar-refractivity contribution is 0.310. The molecule has 0 aliphatic carbocycles. The molecule has 0 amide bonds. The van der Waals surface area contributed by atoms with E-state index in [-0.39, 0.29) is 0 Å². The van der Waals surface area contributed by atoms with Crippen molar-refractivity contribution in [3.05, 3.63) is 23.8 Å². The zero-order valence-corrected chi connectivity index (χ0v) is 15.3. The number of hydrogen-bond acceptors (Lipinski definition) is 3. The van der Waals surface area contributed by atoms with Crippen molar-refractivity contribution in [3.63, 3.8) is 0 Å². The smallest absolute Gasteiger partial charge is 0.191 e. The lowest BCUT2D eigenvalue weighted by atomic mass is 10.1. The molecule has 0 heterocycles. The van der Waals surface area contributed by atoms with Crippen LogP contribution in [0.1, 0.15) is 40.2 Å². The highest BCUT2D eigenvalue weighted by atomic mass is 16.5. The van der Waals surface area contributed by atoms with Gasteiger partial charge in [-0.25, -0.2) is 4.99 Å². The molecule has 0 spiro atoms. The first-order valence-corrected chi connectivity index (χ1v) is 8.36. The lowest BCUT2D eigenvalue weighted by Crippen LogP contribution is -2.44. The quantitative estimate of drug-likeness (QED) is 0.570. The van der Waals surface area contributed by atoms with Crippen LogP contribution in [0.4, 0.5) is 0 Å². The number of methoxy groups -OCH3 is 1. The standard InChI is InChI=1S/C18H31N3O2/c1-7-19-18(21-14(5)13(3)4)20-12-15-9-10-16(23-8-2)17(11-15)22-6/h9-11,13-14H,7-8,12H2,1-6H3,(H2,19,20,21). The molecule has 0 aromatic heterocycles. The number of benzene rings is 1. The minimum absolute atomic E-state index is 0.364. The molecular formula is C18H31N3O2. The molecule has 23 heavy (non-hydrogen) atoms. The van der Waals surface area contributed by atoms with Crippen LogP contribution in [0.2, 0.25) is 0 Å². The fourth-order valence-electron chi connectivity index (χ4n) is 1.96. The number of guanidine groups is 1. The molecule has 1 rings (SSSR count). The van der Waals surface area contributed by atoms with Gasteiger partial charge in [-0.2, -0.15) is 0 Å². The summed E-state index contributed by atoms with van der Waals surface area (Å²) in [5.41, 5.74) is 1.08. The molecule has 5 heteroatoms. The van der Waals surface area contributed by atoms with E-state index in [4.69, 9.17) is 9.47 Å². The summed E-state index contributed by atoms with van der Waals surface area (Å²) in [7, 11) is 1.65. The Morgan fingerprint density at radius 2 is 1.91 bits per heavy atom. The van der Waals surface area contributed by atoms with E-state index >= 15 is 0 Å². The molecule has 1 unspecified atom stereocenters.